The number of rotatable bonds is 2. The number of hydrogen-bond donors (Lipinski definition) is 2. The van der Waals surface area contributed by atoms with Crippen molar-refractivity contribution in [1.82, 2.24) is 10.2 Å². The number of likely N-dealkylation sites (tertiary alicyclic amines) is 1. The Hall–Kier alpha value is -1.30. The van der Waals surface area contributed by atoms with E-state index in [1.54, 1.807) is 4.90 Å². The molecule has 0 radical (unpaired) electrons. The molecule has 0 aliphatic carbocycles. The third kappa shape index (κ3) is 3.67. The summed E-state index contributed by atoms with van der Waals surface area (Å²) in [6, 6.07) is 0.0653. The van der Waals surface area contributed by atoms with Crippen LogP contribution in [0.5, 0.6) is 0 Å². The first kappa shape index (κ1) is 16.1. The number of carbonyl (C=O) groups excluding carboxylic acids is 2. The van der Waals surface area contributed by atoms with Crippen molar-refractivity contribution in [3.05, 3.63) is 0 Å². The van der Waals surface area contributed by atoms with Crippen LogP contribution in [0.3, 0.4) is 0 Å². The van der Waals surface area contributed by atoms with E-state index in [1.807, 2.05) is 20.8 Å². The molecule has 0 saturated carbocycles. The van der Waals surface area contributed by atoms with Gasteiger partial charge in [-0.3, -0.25) is 4.79 Å². The Kier molecular flexibility index (Phi) is 4.46. The van der Waals surface area contributed by atoms with E-state index < -0.39 is 5.60 Å². The first-order valence-corrected chi connectivity index (χ1v) is 7.65. The molecule has 120 valence electrons. The summed E-state index contributed by atoms with van der Waals surface area (Å²) in [5, 5.41) is 12.0. The maximum atomic E-state index is 12.2. The normalized spacial score (nSPS) is 25.0. The fourth-order valence-electron chi connectivity index (χ4n) is 3.16. The number of aliphatic hydroxyl groups is 1. The zero-order chi connectivity index (χ0) is 15.7. The second-order valence-corrected chi connectivity index (χ2v) is 7.13. The average Bonchev–Trinajstić information content (AvgIpc) is 2.65. The topological polar surface area (TPSA) is 78.9 Å². The number of nitrogens with zero attached hydrogens (tertiary/aromatic N) is 1. The molecular formula is C15H26N2O4. The van der Waals surface area contributed by atoms with Crippen molar-refractivity contribution >= 4 is 12.0 Å². The van der Waals surface area contributed by atoms with Gasteiger partial charge in [0.25, 0.3) is 0 Å². The molecule has 1 atom stereocenters. The molecule has 0 unspecified atom stereocenters. The van der Waals surface area contributed by atoms with Gasteiger partial charge in [-0.25, -0.2) is 4.79 Å². The van der Waals surface area contributed by atoms with E-state index in [-0.39, 0.29) is 30.1 Å². The fraction of sp³-hybridized carbons (Fsp3) is 0.867. The van der Waals surface area contributed by atoms with Gasteiger partial charge in [-0.05, 0) is 46.5 Å². The Labute approximate surface area is 125 Å². The molecular weight excluding hydrogens is 272 g/mol. The van der Waals surface area contributed by atoms with Gasteiger partial charge in [-0.1, -0.05) is 0 Å². The molecule has 2 aliphatic rings. The molecule has 2 amide bonds. The summed E-state index contributed by atoms with van der Waals surface area (Å²) >= 11 is 0. The quantitative estimate of drug-likeness (QED) is 0.805. The summed E-state index contributed by atoms with van der Waals surface area (Å²) in [7, 11) is 0. The summed E-state index contributed by atoms with van der Waals surface area (Å²) in [5.74, 6) is 0.0739. The fourth-order valence-corrected chi connectivity index (χ4v) is 3.16. The highest BCUT2D eigenvalue weighted by atomic mass is 16.6. The van der Waals surface area contributed by atoms with Gasteiger partial charge < -0.3 is 20.1 Å². The average molecular weight is 298 g/mol. The maximum absolute atomic E-state index is 12.2. The van der Waals surface area contributed by atoms with Gasteiger partial charge in [-0.15, -0.1) is 0 Å². The lowest BCUT2D eigenvalue weighted by Crippen LogP contribution is -2.47. The standard InChI is InChI=1S/C15H26N2O4/c1-14(2,3)21-13(20)17-7-5-15(6-8-17)10-11(4-9-18)16-12(15)19/h11,18H,4-10H2,1-3H3,(H,16,19)/t11-/m1/s1. The highest BCUT2D eigenvalue weighted by molar-refractivity contribution is 5.85. The van der Waals surface area contributed by atoms with Crippen LogP contribution in [0.1, 0.15) is 46.5 Å². The van der Waals surface area contributed by atoms with Crippen LogP contribution < -0.4 is 5.32 Å². The lowest BCUT2D eigenvalue weighted by molar-refractivity contribution is -0.130. The Bertz CT molecular complexity index is 408. The van der Waals surface area contributed by atoms with Crippen molar-refractivity contribution in [2.75, 3.05) is 19.7 Å². The molecule has 2 rings (SSSR count). The minimum absolute atomic E-state index is 0.0653. The van der Waals surface area contributed by atoms with Gasteiger partial charge >= 0.3 is 6.09 Å². The van der Waals surface area contributed by atoms with Crippen LogP contribution in [0.4, 0.5) is 4.79 Å². The van der Waals surface area contributed by atoms with E-state index in [2.05, 4.69) is 5.32 Å². The van der Waals surface area contributed by atoms with E-state index in [0.717, 1.165) is 6.42 Å². The number of ether oxygens (including phenoxy) is 1. The largest absolute Gasteiger partial charge is 0.444 e. The summed E-state index contributed by atoms with van der Waals surface area (Å²) in [6.45, 7) is 6.73. The van der Waals surface area contributed by atoms with Gasteiger partial charge in [0.1, 0.15) is 5.60 Å². The third-order valence-corrected chi connectivity index (χ3v) is 4.30. The third-order valence-electron chi connectivity index (χ3n) is 4.30. The van der Waals surface area contributed by atoms with Crippen LogP contribution in [0, 0.1) is 5.41 Å². The molecule has 2 heterocycles. The van der Waals surface area contributed by atoms with Crippen LogP contribution in [-0.2, 0) is 9.53 Å². The molecule has 2 aliphatic heterocycles. The van der Waals surface area contributed by atoms with Crippen LogP contribution >= 0.6 is 0 Å². The second-order valence-electron chi connectivity index (χ2n) is 7.13. The molecule has 1 spiro atoms. The van der Waals surface area contributed by atoms with E-state index in [1.165, 1.54) is 0 Å². The molecule has 2 saturated heterocycles. The monoisotopic (exact) mass is 298 g/mol. The highest BCUT2D eigenvalue weighted by Crippen LogP contribution is 2.41. The van der Waals surface area contributed by atoms with Crippen molar-refractivity contribution in [3.8, 4) is 0 Å². The first-order valence-electron chi connectivity index (χ1n) is 7.65. The van der Waals surface area contributed by atoms with Gasteiger partial charge in [0.05, 0.1) is 5.41 Å². The van der Waals surface area contributed by atoms with Crippen molar-refractivity contribution in [2.45, 2.75) is 58.1 Å². The Morgan fingerprint density at radius 2 is 2.05 bits per heavy atom. The SMILES string of the molecule is CC(C)(C)OC(=O)N1CCC2(CC1)C[C@@H](CCO)NC2=O. The predicted molar refractivity (Wildman–Crippen MR) is 77.7 cm³/mol. The van der Waals surface area contributed by atoms with Crippen LogP contribution in [0.2, 0.25) is 0 Å². The highest BCUT2D eigenvalue weighted by Gasteiger charge is 2.48. The van der Waals surface area contributed by atoms with E-state index >= 15 is 0 Å². The molecule has 21 heavy (non-hydrogen) atoms. The molecule has 2 N–H and O–H groups in total. The van der Waals surface area contributed by atoms with Gasteiger partial charge in [-0.2, -0.15) is 0 Å². The minimum Gasteiger partial charge on any atom is -0.444 e. The van der Waals surface area contributed by atoms with E-state index in [9.17, 15) is 9.59 Å². The Morgan fingerprint density at radius 1 is 1.43 bits per heavy atom. The summed E-state index contributed by atoms with van der Waals surface area (Å²) in [6.07, 6.45) is 2.39. The molecule has 0 aromatic rings. The number of aliphatic hydroxyl groups excluding tert-OH is 1. The maximum Gasteiger partial charge on any atom is 0.410 e. The Balaban J connectivity index is 1.91. The number of amides is 2. The van der Waals surface area contributed by atoms with Crippen LogP contribution in [0.15, 0.2) is 0 Å². The van der Waals surface area contributed by atoms with Crippen LogP contribution in [-0.4, -0.2) is 53.3 Å². The lowest BCUT2D eigenvalue weighted by atomic mass is 9.76. The van der Waals surface area contributed by atoms with Crippen molar-refractivity contribution in [1.29, 1.82) is 0 Å². The summed E-state index contributed by atoms with van der Waals surface area (Å²) in [5.41, 5.74) is -0.860. The number of nitrogens with one attached hydrogen (secondary N) is 1. The number of carbonyl (C=O) groups is 2. The molecule has 0 aromatic carbocycles. The Morgan fingerprint density at radius 3 is 2.57 bits per heavy atom. The van der Waals surface area contributed by atoms with Gasteiger partial charge in [0, 0.05) is 25.7 Å². The molecule has 2 fully saturated rings. The first-order chi connectivity index (χ1) is 9.76. The van der Waals surface area contributed by atoms with Gasteiger partial charge in [0.2, 0.25) is 5.91 Å². The van der Waals surface area contributed by atoms with Crippen molar-refractivity contribution in [2.24, 2.45) is 5.41 Å². The second kappa shape index (κ2) is 5.83. The molecule has 0 bridgehead atoms. The summed E-state index contributed by atoms with van der Waals surface area (Å²) < 4.78 is 5.37. The van der Waals surface area contributed by atoms with Gasteiger partial charge in [0.15, 0.2) is 0 Å². The molecule has 6 heteroatoms. The number of hydrogen-bond acceptors (Lipinski definition) is 4. The predicted octanol–water partition coefficient (Wildman–Crippen LogP) is 1.27. The van der Waals surface area contributed by atoms with E-state index in [0.29, 0.717) is 32.4 Å². The molecule has 6 nitrogen and oxygen atoms in total. The lowest BCUT2D eigenvalue weighted by Gasteiger charge is -2.38. The van der Waals surface area contributed by atoms with Crippen molar-refractivity contribution in [3.63, 3.8) is 0 Å². The zero-order valence-corrected chi connectivity index (χ0v) is 13.1. The summed E-state index contributed by atoms with van der Waals surface area (Å²) in [4.78, 5) is 25.9. The van der Waals surface area contributed by atoms with Crippen molar-refractivity contribution < 1.29 is 19.4 Å². The molecule has 0 aromatic heterocycles. The smallest absolute Gasteiger partial charge is 0.410 e. The van der Waals surface area contributed by atoms with E-state index in [4.69, 9.17) is 9.84 Å². The van der Waals surface area contributed by atoms with Crippen LogP contribution in [0.25, 0.3) is 0 Å². The minimum atomic E-state index is -0.497. The number of piperidine rings is 1. The zero-order valence-electron chi connectivity index (χ0n) is 13.1.